The maximum absolute atomic E-state index is 12.4. The van der Waals surface area contributed by atoms with Gasteiger partial charge >= 0.3 is 5.97 Å². The average Bonchev–Trinajstić information content (AvgIpc) is 2.85. The van der Waals surface area contributed by atoms with E-state index in [2.05, 4.69) is 10.5 Å². The smallest absolute Gasteiger partial charge is 0.343 e. The van der Waals surface area contributed by atoms with E-state index in [1.165, 1.54) is 6.21 Å². The molecule has 4 aromatic rings. The first-order chi connectivity index (χ1) is 16.5. The van der Waals surface area contributed by atoms with E-state index in [9.17, 15) is 14.7 Å². The summed E-state index contributed by atoms with van der Waals surface area (Å²) in [5.74, 6) is -0.0656. The Morgan fingerprint density at radius 3 is 2.24 bits per heavy atom. The zero-order valence-corrected chi connectivity index (χ0v) is 18.4. The van der Waals surface area contributed by atoms with Crippen LogP contribution in [0, 0.1) is 0 Å². The number of phenolic OH excluding ortho intramolecular Hbond substituents is 1. The van der Waals surface area contributed by atoms with Crippen molar-refractivity contribution in [1.82, 2.24) is 5.43 Å². The van der Waals surface area contributed by atoms with Crippen LogP contribution in [0.5, 0.6) is 17.2 Å². The molecule has 0 saturated carbocycles. The van der Waals surface area contributed by atoms with Crippen molar-refractivity contribution in [3.63, 3.8) is 0 Å². The highest BCUT2D eigenvalue weighted by Gasteiger charge is 2.12. The van der Waals surface area contributed by atoms with Gasteiger partial charge in [0, 0.05) is 0 Å². The van der Waals surface area contributed by atoms with E-state index in [1.807, 2.05) is 31.2 Å². The molecule has 1 amide bonds. The monoisotopic (exact) mass is 454 g/mol. The van der Waals surface area contributed by atoms with Crippen LogP contribution < -0.4 is 14.9 Å². The zero-order chi connectivity index (χ0) is 23.9. The summed E-state index contributed by atoms with van der Waals surface area (Å²) in [7, 11) is 0. The number of nitrogens with zero attached hydrogens (tertiary/aromatic N) is 1. The molecule has 170 valence electrons. The Kier molecular flexibility index (Phi) is 6.84. The molecule has 2 N–H and O–H groups in total. The molecule has 0 heterocycles. The van der Waals surface area contributed by atoms with Crippen LogP contribution in [0.15, 0.2) is 90.0 Å². The van der Waals surface area contributed by atoms with E-state index in [0.29, 0.717) is 29.2 Å². The predicted octanol–water partition coefficient (Wildman–Crippen LogP) is 4.93. The molecule has 0 fully saturated rings. The van der Waals surface area contributed by atoms with Gasteiger partial charge in [-0.2, -0.15) is 5.10 Å². The maximum Gasteiger partial charge on any atom is 0.343 e. The third-order valence-electron chi connectivity index (χ3n) is 4.98. The number of esters is 1. The van der Waals surface area contributed by atoms with Crippen LogP contribution in [0.4, 0.5) is 0 Å². The number of hydrazone groups is 1. The normalized spacial score (nSPS) is 10.9. The lowest BCUT2D eigenvalue weighted by atomic mass is 10.1. The minimum absolute atomic E-state index is 0.120. The number of carbonyl (C=O) groups excluding carboxylic acids is 2. The van der Waals surface area contributed by atoms with E-state index in [1.54, 1.807) is 60.7 Å². The lowest BCUT2D eigenvalue weighted by Crippen LogP contribution is -2.17. The summed E-state index contributed by atoms with van der Waals surface area (Å²) >= 11 is 0. The molecule has 0 aliphatic heterocycles. The van der Waals surface area contributed by atoms with Gasteiger partial charge in [-0.25, -0.2) is 10.2 Å². The van der Waals surface area contributed by atoms with Gasteiger partial charge in [-0.15, -0.1) is 0 Å². The van der Waals surface area contributed by atoms with Crippen molar-refractivity contribution in [3.05, 3.63) is 102 Å². The summed E-state index contributed by atoms with van der Waals surface area (Å²) in [5, 5.41) is 15.8. The largest absolute Gasteiger partial charge is 0.507 e. The Balaban J connectivity index is 1.35. The molecule has 0 saturated heterocycles. The minimum Gasteiger partial charge on any atom is -0.507 e. The fraction of sp³-hybridized carbons (Fsp3) is 0.0741. The molecule has 34 heavy (non-hydrogen) atoms. The Morgan fingerprint density at radius 1 is 0.912 bits per heavy atom. The quantitative estimate of drug-likeness (QED) is 0.179. The molecule has 4 rings (SSSR count). The first-order valence-corrected chi connectivity index (χ1v) is 10.6. The summed E-state index contributed by atoms with van der Waals surface area (Å²) in [6.07, 6.45) is 1.45. The maximum atomic E-state index is 12.4. The number of ether oxygens (including phenoxy) is 2. The first-order valence-electron chi connectivity index (χ1n) is 10.6. The van der Waals surface area contributed by atoms with E-state index < -0.39 is 11.9 Å². The van der Waals surface area contributed by atoms with Crippen LogP contribution in [-0.2, 0) is 0 Å². The molecule has 0 atom stereocenters. The van der Waals surface area contributed by atoms with Gasteiger partial charge in [0.25, 0.3) is 5.91 Å². The number of rotatable bonds is 7. The summed E-state index contributed by atoms with van der Waals surface area (Å²) < 4.78 is 10.7. The number of hydrogen-bond donors (Lipinski definition) is 2. The van der Waals surface area contributed by atoms with Gasteiger partial charge in [-0.1, -0.05) is 24.3 Å². The molecule has 7 nitrogen and oxygen atoms in total. The van der Waals surface area contributed by atoms with Crippen molar-refractivity contribution in [2.24, 2.45) is 5.10 Å². The SMILES string of the molecule is CCOc1ccc(C(=O)Oc2ccc(/C=N\NC(=O)c3cc4ccccc4cc3O)cc2)cc1. The number of fused-ring (bicyclic) bond motifs is 1. The summed E-state index contributed by atoms with van der Waals surface area (Å²) in [6.45, 7) is 2.44. The molecule has 4 aromatic carbocycles. The highest BCUT2D eigenvalue weighted by atomic mass is 16.5. The number of hydrogen-bond acceptors (Lipinski definition) is 6. The zero-order valence-electron chi connectivity index (χ0n) is 18.4. The van der Waals surface area contributed by atoms with Crippen LogP contribution in [0.1, 0.15) is 33.2 Å². The lowest BCUT2D eigenvalue weighted by molar-refractivity contribution is 0.0734. The minimum atomic E-state index is -0.527. The number of phenols is 1. The van der Waals surface area contributed by atoms with Crippen LogP contribution in [0.3, 0.4) is 0 Å². The number of aromatic hydroxyl groups is 1. The Hall–Kier alpha value is -4.65. The Bertz CT molecular complexity index is 1350. The van der Waals surface area contributed by atoms with Gasteiger partial charge in [0.05, 0.1) is 23.9 Å². The molecule has 0 radical (unpaired) electrons. The molecular weight excluding hydrogens is 432 g/mol. The molecule has 0 bridgehead atoms. The summed E-state index contributed by atoms with van der Waals surface area (Å²) in [6, 6.07) is 24.0. The number of nitrogens with one attached hydrogen (secondary N) is 1. The van der Waals surface area contributed by atoms with Crippen molar-refractivity contribution in [3.8, 4) is 17.2 Å². The van der Waals surface area contributed by atoms with Crippen molar-refractivity contribution in [2.45, 2.75) is 6.92 Å². The lowest BCUT2D eigenvalue weighted by Gasteiger charge is -2.06. The number of benzene rings is 4. The van der Waals surface area contributed by atoms with Crippen LogP contribution in [0.2, 0.25) is 0 Å². The summed E-state index contributed by atoms with van der Waals surface area (Å²) in [4.78, 5) is 24.7. The fourth-order valence-corrected chi connectivity index (χ4v) is 3.28. The van der Waals surface area contributed by atoms with E-state index >= 15 is 0 Å². The molecule has 7 heteroatoms. The van der Waals surface area contributed by atoms with Crippen molar-refractivity contribution >= 4 is 28.9 Å². The molecule has 0 aliphatic rings. The topological polar surface area (TPSA) is 97.2 Å². The highest BCUT2D eigenvalue weighted by molar-refractivity contribution is 6.01. The van der Waals surface area contributed by atoms with Crippen LogP contribution in [0.25, 0.3) is 10.8 Å². The third-order valence-corrected chi connectivity index (χ3v) is 4.98. The van der Waals surface area contributed by atoms with E-state index in [0.717, 1.165) is 10.8 Å². The van der Waals surface area contributed by atoms with Gasteiger partial charge < -0.3 is 14.6 Å². The molecule has 0 aliphatic carbocycles. The van der Waals surface area contributed by atoms with Crippen LogP contribution in [-0.4, -0.2) is 29.8 Å². The predicted molar refractivity (Wildman–Crippen MR) is 130 cm³/mol. The van der Waals surface area contributed by atoms with Gasteiger partial charge in [0.2, 0.25) is 0 Å². The van der Waals surface area contributed by atoms with Gasteiger partial charge in [0.15, 0.2) is 0 Å². The van der Waals surface area contributed by atoms with Crippen LogP contribution >= 0.6 is 0 Å². The second-order valence-corrected chi connectivity index (χ2v) is 7.33. The van der Waals surface area contributed by atoms with Crippen molar-refractivity contribution in [2.75, 3.05) is 6.61 Å². The Morgan fingerprint density at radius 2 is 1.56 bits per heavy atom. The van der Waals surface area contributed by atoms with Crippen molar-refractivity contribution < 1.29 is 24.2 Å². The van der Waals surface area contributed by atoms with Crippen molar-refractivity contribution in [1.29, 1.82) is 0 Å². The third kappa shape index (κ3) is 5.39. The first kappa shape index (κ1) is 22.5. The number of amides is 1. The van der Waals surface area contributed by atoms with Gasteiger partial charge in [-0.05, 0) is 83.9 Å². The fourth-order valence-electron chi connectivity index (χ4n) is 3.28. The molecule has 0 unspecified atom stereocenters. The Labute approximate surface area is 196 Å². The van der Waals surface area contributed by atoms with E-state index in [4.69, 9.17) is 9.47 Å². The standard InChI is InChI=1S/C27H22N2O5/c1-2-33-22-13-9-19(10-14-22)27(32)34-23-11-7-18(8-12-23)17-28-29-26(31)24-15-20-5-3-4-6-21(20)16-25(24)30/h3-17,30H,2H2,1H3,(H,29,31)/b28-17-. The molecular formula is C27H22N2O5. The molecule has 0 aromatic heterocycles. The second-order valence-electron chi connectivity index (χ2n) is 7.33. The van der Waals surface area contributed by atoms with Gasteiger partial charge in [-0.3, -0.25) is 4.79 Å². The number of carbonyl (C=O) groups is 2. The highest BCUT2D eigenvalue weighted by Crippen LogP contribution is 2.25. The van der Waals surface area contributed by atoms with E-state index in [-0.39, 0.29) is 11.3 Å². The summed E-state index contributed by atoms with van der Waals surface area (Å²) in [5.41, 5.74) is 3.64. The molecule has 0 spiro atoms. The average molecular weight is 454 g/mol. The second kappa shape index (κ2) is 10.3. The van der Waals surface area contributed by atoms with Gasteiger partial charge in [0.1, 0.15) is 17.2 Å².